The maximum absolute atomic E-state index is 14.2. The van der Waals surface area contributed by atoms with E-state index in [9.17, 15) is 18.0 Å². The number of carbonyl (C=O) groups is 1. The zero-order chi connectivity index (χ0) is 29.2. The van der Waals surface area contributed by atoms with Crippen molar-refractivity contribution in [3.8, 4) is 0 Å². The van der Waals surface area contributed by atoms with Crippen LogP contribution in [0.3, 0.4) is 0 Å². The molecule has 218 valence electrons. The fourth-order valence-electron chi connectivity index (χ4n) is 5.68. The number of halogens is 3. The highest BCUT2D eigenvalue weighted by atomic mass is 19.4. The van der Waals surface area contributed by atoms with Gasteiger partial charge in [0.1, 0.15) is 5.82 Å². The number of alkyl halides is 3. The van der Waals surface area contributed by atoms with E-state index < -0.39 is 11.7 Å². The van der Waals surface area contributed by atoms with Gasteiger partial charge in [-0.3, -0.25) is 4.79 Å². The molecular formula is C33H39F3N4O. The molecule has 5 rings (SSSR count). The molecule has 0 bridgehead atoms. The molecule has 1 aromatic heterocycles. The Morgan fingerprint density at radius 1 is 1.00 bits per heavy atom. The van der Waals surface area contributed by atoms with E-state index in [0.29, 0.717) is 22.5 Å². The summed E-state index contributed by atoms with van der Waals surface area (Å²) >= 11 is 0. The van der Waals surface area contributed by atoms with Gasteiger partial charge in [-0.1, -0.05) is 51.1 Å². The van der Waals surface area contributed by atoms with Crippen molar-refractivity contribution in [2.24, 2.45) is 5.41 Å². The first-order valence-corrected chi connectivity index (χ1v) is 14.5. The van der Waals surface area contributed by atoms with E-state index in [2.05, 4.69) is 43.1 Å². The summed E-state index contributed by atoms with van der Waals surface area (Å²) in [5.74, 6) is 0.530. The van der Waals surface area contributed by atoms with Crippen molar-refractivity contribution in [2.45, 2.75) is 65.2 Å². The number of aromatic nitrogens is 1. The molecule has 0 spiro atoms. The minimum atomic E-state index is -4.37. The number of hydrogen-bond donors (Lipinski definition) is 1. The molecule has 5 nitrogen and oxygen atoms in total. The van der Waals surface area contributed by atoms with Gasteiger partial charge in [0.2, 0.25) is 0 Å². The molecule has 0 unspecified atom stereocenters. The van der Waals surface area contributed by atoms with Crippen molar-refractivity contribution in [3.63, 3.8) is 0 Å². The van der Waals surface area contributed by atoms with Gasteiger partial charge in [-0.05, 0) is 85.6 Å². The van der Waals surface area contributed by atoms with Gasteiger partial charge in [0, 0.05) is 31.1 Å². The van der Waals surface area contributed by atoms with Crippen LogP contribution in [0.15, 0.2) is 54.6 Å². The van der Waals surface area contributed by atoms with Gasteiger partial charge in [-0.25, -0.2) is 4.98 Å². The second kappa shape index (κ2) is 11.8. The quantitative estimate of drug-likeness (QED) is 0.321. The number of carbonyl (C=O) groups excluding carboxylic acids is 1. The van der Waals surface area contributed by atoms with Gasteiger partial charge in [0.05, 0.1) is 16.6 Å². The minimum Gasteiger partial charge on any atom is -0.366 e. The Hall–Kier alpha value is -3.39. The van der Waals surface area contributed by atoms with Crippen molar-refractivity contribution in [2.75, 3.05) is 31.5 Å². The molecule has 3 heterocycles. The van der Waals surface area contributed by atoms with E-state index in [0.717, 1.165) is 62.1 Å². The van der Waals surface area contributed by atoms with Crippen LogP contribution in [0, 0.1) is 5.41 Å². The van der Waals surface area contributed by atoms with E-state index in [4.69, 9.17) is 4.98 Å². The highest BCUT2D eigenvalue weighted by molar-refractivity contribution is 6.07. The first-order valence-electron chi connectivity index (χ1n) is 14.5. The number of rotatable bonds is 7. The van der Waals surface area contributed by atoms with Crippen molar-refractivity contribution in [1.82, 2.24) is 14.8 Å². The van der Waals surface area contributed by atoms with Crippen molar-refractivity contribution < 1.29 is 18.0 Å². The molecule has 8 heteroatoms. The molecule has 2 aliphatic rings. The molecule has 0 aliphatic carbocycles. The van der Waals surface area contributed by atoms with Crippen LogP contribution >= 0.6 is 0 Å². The molecule has 2 aliphatic heterocycles. The molecule has 2 fully saturated rings. The molecule has 1 amide bonds. The highest BCUT2D eigenvalue weighted by Gasteiger charge is 2.33. The summed E-state index contributed by atoms with van der Waals surface area (Å²) < 4.78 is 38.9. The van der Waals surface area contributed by atoms with Crippen LogP contribution < -0.4 is 5.32 Å². The molecular weight excluding hydrogens is 525 g/mol. The zero-order valence-corrected chi connectivity index (χ0v) is 24.1. The number of pyridine rings is 1. The Balaban J connectivity index is 1.45. The molecule has 3 aromatic rings. The van der Waals surface area contributed by atoms with E-state index in [-0.39, 0.29) is 23.9 Å². The minimum absolute atomic E-state index is 0.00799. The number of benzene rings is 2. The average Bonchev–Trinajstić information content (AvgIpc) is 3.62. The van der Waals surface area contributed by atoms with Gasteiger partial charge in [-0.15, -0.1) is 0 Å². The molecule has 0 saturated carbocycles. The normalized spacial score (nSPS) is 18.6. The summed E-state index contributed by atoms with van der Waals surface area (Å²) in [5.41, 5.74) is 2.35. The number of anilines is 1. The van der Waals surface area contributed by atoms with Crippen molar-refractivity contribution in [1.29, 1.82) is 0 Å². The predicted molar refractivity (Wildman–Crippen MR) is 159 cm³/mol. The summed E-state index contributed by atoms with van der Waals surface area (Å²) in [5, 5.41) is 4.05. The SMILES string of the molecule is CC(C)(C)C=Cc1ccc2nc(NCc3ccc(C(F)(F)F)cc3)cc(C(=O)N3CCC[C@H]3CN3CCCC3)c2c1. The molecule has 0 radical (unpaired) electrons. The van der Waals surface area contributed by atoms with Crippen molar-refractivity contribution in [3.05, 3.63) is 76.9 Å². The first kappa shape index (κ1) is 29.1. The number of likely N-dealkylation sites (tertiary alicyclic amines) is 2. The fraction of sp³-hybridized carbons (Fsp3) is 0.455. The fourth-order valence-corrected chi connectivity index (χ4v) is 5.68. The van der Waals surface area contributed by atoms with Crippen LogP contribution in [-0.4, -0.2) is 52.9 Å². The third-order valence-corrected chi connectivity index (χ3v) is 7.90. The van der Waals surface area contributed by atoms with E-state index in [1.54, 1.807) is 6.07 Å². The van der Waals surface area contributed by atoms with Gasteiger partial charge in [0.25, 0.3) is 5.91 Å². The summed E-state index contributed by atoms with van der Waals surface area (Å²) in [6.07, 6.45) is 4.29. The number of amides is 1. The molecule has 2 aromatic carbocycles. The summed E-state index contributed by atoms with van der Waals surface area (Å²) in [4.78, 5) is 23.4. The third-order valence-electron chi connectivity index (χ3n) is 7.90. The molecule has 2 saturated heterocycles. The van der Waals surface area contributed by atoms with Gasteiger partial charge < -0.3 is 15.1 Å². The predicted octanol–water partition coefficient (Wildman–Crippen LogP) is 7.63. The number of allylic oxidation sites excluding steroid dienone is 1. The van der Waals surface area contributed by atoms with Crippen molar-refractivity contribution >= 4 is 28.7 Å². The smallest absolute Gasteiger partial charge is 0.366 e. The average molecular weight is 565 g/mol. The summed E-state index contributed by atoms with van der Waals surface area (Å²) in [7, 11) is 0. The third kappa shape index (κ3) is 7.28. The van der Waals surface area contributed by atoms with Crippen LogP contribution in [-0.2, 0) is 12.7 Å². The standard InChI is InChI=1S/C33H39F3N4O/c1-32(2,3)15-14-23-10-13-29-27(19-23)28(31(41)40-18-6-7-26(40)22-39-16-4-5-17-39)20-30(38-29)37-21-24-8-11-25(12-9-24)33(34,35)36/h8-15,19-20,26H,4-7,16-18,21-22H2,1-3H3,(H,37,38)/t26-/m0/s1. The number of hydrogen-bond acceptors (Lipinski definition) is 4. The van der Waals surface area contributed by atoms with Gasteiger partial charge in [-0.2, -0.15) is 13.2 Å². The van der Waals surface area contributed by atoms with Crippen LogP contribution in [0.5, 0.6) is 0 Å². The second-order valence-electron chi connectivity index (χ2n) is 12.4. The van der Waals surface area contributed by atoms with E-state index >= 15 is 0 Å². The zero-order valence-electron chi connectivity index (χ0n) is 24.1. The second-order valence-corrected chi connectivity index (χ2v) is 12.4. The van der Waals surface area contributed by atoms with Crippen LogP contribution in [0.1, 0.15) is 73.5 Å². The molecule has 1 atom stereocenters. The Morgan fingerprint density at radius 3 is 2.41 bits per heavy atom. The summed E-state index contributed by atoms with van der Waals surface area (Å²) in [6, 6.07) is 13.0. The Bertz CT molecular complexity index is 1400. The Labute approximate surface area is 240 Å². The first-order chi connectivity index (χ1) is 19.5. The lowest BCUT2D eigenvalue weighted by Crippen LogP contribution is -2.42. The van der Waals surface area contributed by atoms with Gasteiger partial charge >= 0.3 is 6.18 Å². The van der Waals surface area contributed by atoms with Crippen LogP contribution in [0.25, 0.3) is 17.0 Å². The summed E-state index contributed by atoms with van der Waals surface area (Å²) in [6.45, 7) is 10.6. The number of fused-ring (bicyclic) bond motifs is 1. The maximum atomic E-state index is 14.2. The highest BCUT2D eigenvalue weighted by Crippen LogP contribution is 2.31. The monoisotopic (exact) mass is 564 g/mol. The lowest BCUT2D eigenvalue weighted by atomic mass is 9.95. The lowest BCUT2D eigenvalue weighted by molar-refractivity contribution is -0.137. The Morgan fingerprint density at radius 2 is 1.73 bits per heavy atom. The largest absolute Gasteiger partial charge is 0.416 e. The Kier molecular flexibility index (Phi) is 8.41. The molecule has 41 heavy (non-hydrogen) atoms. The van der Waals surface area contributed by atoms with E-state index in [1.807, 2.05) is 23.1 Å². The van der Waals surface area contributed by atoms with Gasteiger partial charge in [0.15, 0.2) is 0 Å². The van der Waals surface area contributed by atoms with Crippen LogP contribution in [0.4, 0.5) is 19.0 Å². The van der Waals surface area contributed by atoms with E-state index in [1.165, 1.54) is 25.0 Å². The lowest BCUT2D eigenvalue weighted by Gasteiger charge is -2.29. The topological polar surface area (TPSA) is 48.5 Å². The maximum Gasteiger partial charge on any atom is 0.416 e. The number of nitrogens with one attached hydrogen (secondary N) is 1. The molecule has 1 N–H and O–H groups in total. The number of nitrogens with zero attached hydrogens (tertiary/aromatic N) is 3. The van der Waals surface area contributed by atoms with Crippen LogP contribution in [0.2, 0.25) is 0 Å².